The number of rotatable bonds is 6. The van der Waals surface area contributed by atoms with Gasteiger partial charge >= 0.3 is 0 Å². The van der Waals surface area contributed by atoms with Crippen LogP contribution in [-0.2, 0) is 4.84 Å². The first-order chi connectivity index (χ1) is 15.6. The summed E-state index contributed by atoms with van der Waals surface area (Å²) in [7, 11) is 1.56. The van der Waals surface area contributed by atoms with E-state index in [1.54, 1.807) is 19.5 Å². The molecule has 3 aromatic rings. The molecule has 0 saturated carbocycles. The van der Waals surface area contributed by atoms with Crippen molar-refractivity contribution in [2.24, 2.45) is 11.1 Å². The van der Waals surface area contributed by atoms with Crippen LogP contribution in [0, 0.1) is 5.92 Å². The van der Waals surface area contributed by atoms with Gasteiger partial charge in [-0.1, -0.05) is 28.9 Å². The van der Waals surface area contributed by atoms with Gasteiger partial charge in [0.15, 0.2) is 0 Å². The molecule has 32 heavy (non-hydrogen) atoms. The zero-order valence-corrected chi connectivity index (χ0v) is 18.6. The van der Waals surface area contributed by atoms with E-state index in [4.69, 9.17) is 16.4 Å². The van der Waals surface area contributed by atoms with Crippen molar-refractivity contribution in [1.82, 2.24) is 9.88 Å². The zero-order valence-electron chi connectivity index (χ0n) is 17.9. The van der Waals surface area contributed by atoms with Crippen LogP contribution in [0.1, 0.15) is 28.8 Å². The number of piperidine rings is 1. The van der Waals surface area contributed by atoms with E-state index in [0.717, 1.165) is 35.5 Å². The third-order valence-corrected chi connectivity index (χ3v) is 5.85. The molecule has 1 fully saturated rings. The standard InChI is InChI=1S/C25H25ClN4O2/c1-32-29-24(18-2-6-21(26)7-3-18)19-12-16-30(17-13-19)25(31)20-4-8-22(9-5-20)28-23-10-14-27-15-11-23/h2-11,14-15,19H,12-13,16-17H2,1H3,(H,27,28)/b29-24-. The fourth-order valence-corrected chi connectivity index (χ4v) is 4.04. The maximum atomic E-state index is 13.0. The summed E-state index contributed by atoms with van der Waals surface area (Å²) in [6.45, 7) is 1.35. The number of nitrogens with zero attached hydrogens (tertiary/aromatic N) is 3. The third kappa shape index (κ3) is 5.26. The van der Waals surface area contributed by atoms with Gasteiger partial charge in [-0.2, -0.15) is 0 Å². The van der Waals surface area contributed by atoms with Gasteiger partial charge in [-0.25, -0.2) is 0 Å². The molecular weight excluding hydrogens is 424 g/mol. The predicted molar refractivity (Wildman–Crippen MR) is 128 cm³/mol. The predicted octanol–water partition coefficient (Wildman–Crippen LogP) is 5.38. The highest BCUT2D eigenvalue weighted by Gasteiger charge is 2.28. The zero-order chi connectivity index (χ0) is 22.3. The summed E-state index contributed by atoms with van der Waals surface area (Å²) < 4.78 is 0. The summed E-state index contributed by atoms with van der Waals surface area (Å²) in [5.41, 5.74) is 4.47. The lowest BCUT2D eigenvalue weighted by Crippen LogP contribution is -2.40. The van der Waals surface area contributed by atoms with Crippen LogP contribution in [0.3, 0.4) is 0 Å². The minimum absolute atomic E-state index is 0.0515. The monoisotopic (exact) mass is 448 g/mol. The Kier molecular flexibility index (Phi) is 7.02. The van der Waals surface area contributed by atoms with E-state index in [1.165, 1.54) is 0 Å². The molecule has 6 nitrogen and oxygen atoms in total. The van der Waals surface area contributed by atoms with Gasteiger partial charge in [-0.3, -0.25) is 9.78 Å². The van der Waals surface area contributed by atoms with Gasteiger partial charge in [-0.05, 0) is 66.9 Å². The Morgan fingerprint density at radius 1 is 0.969 bits per heavy atom. The van der Waals surface area contributed by atoms with E-state index < -0.39 is 0 Å². The molecule has 0 aliphatic carbocycles. The van der Waals surface area contributed by atoms with Crippen LogP contribution in [0.4, 0.5) is 11.4 Å². The van der Waals surface area contributed by atoms with Crippen LogP contribution >= 0.6 is 11.6 Å². The molecule has 0 bridgehead atoms. The lowest BCUT2D eigenvalue weighted by atomic mass is 9.88. The van der Waals surface area contributed by atoms with Crippen LogP contribution in [0.2, 0.25) is 5.02 Å². The number of anilines is 2. The average Bonchev–Trinajstić information content (AvgIpc) is 2.84. The average molecular weight is 449 g/mol. The van der Waals surface area contributed by atoms with E-state index in [-0.39, 0.29) is 11.8 Å². The van der Waals surface area contributed by atoms with E-state index in [0.29, 0.717) is 23.7 Å². The highest BCUT2D eigenvalue weighted by atomic mass is 35.5. The van der Waals surface area contributed by atoms with Crippen molar-refractivity contribution in [3.63, 3.8) is 0 Å². The molecule has 0 spiro atoms. The number of pyridine rings is 1. The van der Waals surface area contributed by atoms with Crippen molar-refractivity contribution in [3.8, 4) is 0 Å². The Hall–Kier alpha value is -3.38. The first-order valence-corrected chi connectivity index (χ1v) is 10.9. The van der Waals surface area contributed by atoms with Crippen molar-refractivity contribution in [3.05, 3.63) is 89.2 Å². The quantitative estimate of drug-likeness (QED) is 0.406. The van der Waals surface area contributed by atoms with Gasteiger partial charge in [0.1, 0.15) is 7.11 Å². The molecule has 164 valence electrons. The van der Waals surface area contributed by atoms with E-state index in [9.17, 15) is 4.79 Å². The lowest BCUT2D eigenvalue weighted by Gasteiger charge is -2.32. The summed E-state index contributed by atoms with van der Waals surface area (Å²) >= 11 is 6.02. The molecule has 1 N–H and O–H groups in total. The lowest BCUT2D eigenvalue weighted by molar-refractivity contribution is 0.0709. The highest BCUT2D eigenvalue weighted by Crippen LogP contribution is 2.25. The molecule has 1 saturated heterocycles. The Bertz CT molecular complexity index is 1060. The smallest absolute Gasteiger partial charge is 0.253 e. The number of nitrogens with one attached hydrogen (secondary N) is 1. The van der Waals surface area contributed by atoms with Crippen LogP contribution in [-0.4, -0.2) is 41.7 Å². The second-order valence-electron chi connectivity index (χ2n) is 7.67. The number of hydrogen-bond acceptors (Lipinski definition) is 5. The summed E-state index contributed by atoms with van der Waals surface area (Å²) in [4.78, 5) is 24.0. The molecule has 1 aliphatic rings. The molecular formula is C25H25ClN4O2. The molecule has 2 aromatic carbocycles. The highest BCUT2D eigenvalue weighted by molar-refractivity contribution is 6.30. The van der Waals surface area contributed by atoms with E-state index in [2.05, 4.69) is 15.5 Å². The summed E-state index contributed by atoms with van der Waals surface area (Å²) in [6.07, 6.45) is 5.13. The van der Waals surface area contributed by atoms with Crippen molar-refractivity contribution < 1.29 is 9.63 Å². The first kappa shape index (κ1) is 21.8. The molecule has 0 unspecified atom stereocenters. The van der Waals surface area contributed by atoms with Crippen molar-refractivity contribution in [2.45, 2.75) is 12.8 Å². The Balaban J connectivity index is 1.37. The van der Waals surface area contributed by atoms with Gasteiger partial charge in [0.05, 0.1) is 5.71 Å². The van der Waals surface area contributed by atoms with Crippen LogP contribution < -0.4 is 5.32 Å². The normalized spacial score (nSPS) is 14.8. The maximum absolute atomic E-state index is 13.0. The topological polar surface area (TPSA) is 66.8 Å². The summed E-state index contributed by atoms with van der Waals surface area (Å²) in [6, 6.07) is 19.0. The molecule has 4 rings (SSSR count). The Morgan fingerprint density at radius 2 is 1.56 bits per heavy atom. The molecule has 7 heteroatoms. The minimum atomic E-state index is 0.0515. The third-order valence-electron chi connectivity index (χ3n) is 5.60. The fourth-order valence-electron chi connectivity index (χ4n) is 3.92. The summed E-state index contributed by atoms with van der Waals surface area (Å²) in [5, 5.41) is 8.27. The van der Waals surface area contributed by atoms with Gasteiger partial charge in [0, 0.05) is 53.4 Å². The fraction of sp³-hybridized carbons (Fsp3) is 0.240. The molecule has 0 atom stereocenters. The molecule has 2 heterocycles. The molecule has 0 radical (unpaired) electrons. The molecule has 1 amide bonds. The van der Waals surface area contributed by atoms with Gasteiger partial charge in [0.25, 0.3) is 5.91 Å². The van der Waals surface area contributed by atoms with Crippen LogP contribution in [0.5, 0.6) is 0 Å². The first-order valence-electron chi connectivity index (χ1n) is 10.6. The SMILES string of the molecule is CO/N=C(/c1ccc(Cl)cc1)C1CCN(C(=O)c2ccc(Nc3ccncc3)cc2)CC1. The van der Waals surface area contributed by atoms with E-state index >= 15 is 0 Å². The van der Waals surface area contributed by atoms with Gasteiger partial charge in [0.2, 0.25) is 0 Å². The van der Waals surface area contributed by atoms with Gasteiger partial charge in [-0.15, -0.1) is 0 Å². The van der Waals surface area contributed by atoms with Crippen molar-refractivity contribution in [2.75, 3.05) is 25.5 Å². The number of likely N-dealkylation sites (tertiary alicyclic amines) is 1. The Labute approximate surface area is 192 Å². The number of carbonyl (C=O) groups excluding carboxylic acids is 1. The number of hydrogen-bond donors (Lipinski definition) is 1. The molecule has 1 aromatic heterocycles. The largest absolute Gasteiger partial charge is 0.399 e. The number of benzene rings is 2. The Morgan fingerprint density at radius 3 is 2.19 bits per heavy atom. The second-order valence-corrected chi connectivity index (χ2v) is 8.11. The second kappa shape index (κ2) is 10.3. The van der Waals surface area contributed by atoms with Crippen LogP contribution in [0.15, 0.2) is 78.2 Å². The maximum Gasteiger partial charge on any atom is 0.253 e. The molecule has 1 aliphatic heterocycles. The minimum Gasteiger partial charge on any atom is -0.399 e. The number of carbonyl (C=O) groups is 1. The van der Waals surface area contributed by atoms with Crippen molar-refractivity contribution in [1.29, 1.82) is 0 Å². The van der Waals surface area contributed by atoms with Crippen molar-refractivity contribution >= 4 is 34.6 Å². The number of halogens is 1. The number of oxime groups is 1. The van der Waals surface area contributed by atoms with Gasteiger partial charge < -0.3 is 15.1 Å². The number of amides is 1. The number of aromatic nitrogens is 1. The summed E-state index contributed by atoms with van der Waals surface area (Å²) in [5.74, 6) is 0.280. The van der Waals surface area contributed by atoms with Crippen LogP contribution in [0.25, 0.3) is 0 Å². The van der Waals surface area contributed by atoms with E-state index in [1.807, 2.05) is 65.6 Å².